The Hall–Kier alpha value is -2.62. The molecule has 0 saturated carbocycles. The first-order valence-corrected chi connectivity index (χ1v) is 13.0. The Morgan fingerprint density at radius 3 is 2.35 bits per heavy atom. The van der Waals surface area contributed by atoms with Crippen molar-refractivity contribution in [3.8, 4) is 0 Å². The maximum atomic E-state index is 14.3. The van der Waals surface area contributed by atoms with Gasteiger partial charge in [-0.15, -0.1) is 0 Å². The molecule has 34 heavy (non-hydrogen) atoms. The first-order valence-electron chi connectivity index (χ1n) is 11.1. The molecule has 0 amide bonds. The number of halogens is 4. The summed E-state index contributed by atoms with van der Waals surface area (Å²) in [6.45, 7) is 2.97. The van der Waals surface area contributed by atoms with Crippen molar-refractivity contribution in [2.45, 2.75) is 51.1 Å². The van der Waals surface area contributed by atoms with E-state index < -0.39 is 33.5 Å². The number of ketones is 1. The average Bonchev–Trinajstić information content (AvgIpc) is 2.77. The molecule has 0 spiro atoms. The van der Waals surface area contributed by atoms with Crippen molar-refractivity contribution in [1.82, 2.24) is 0 Å². The van der Waals surface area contributed by atoms with Crippen LogP contribution in [0.1, 0.15) is 55.2 Å². The zero-order valence-electron chi connectivity index (χ0n) is 19.1. The third-order valence-corrected chi connectivity index (χ3v) is 6.61. The number of carbonyl (C=O) groups excluding carboxylic acids is 1. The number of hydrogen-bond donors (Lipinski definition) is 1. The number of benzene rings is 2. The minimum absolute atomic E-state index is 0.0817. The molecule has 2 aromatic carbocycles. The molecule has 2 aromatic rings. The highest BCUT2D eigenvalue weighted by Crippen LogP contribution is 2.35. The Morgan fingerprint density at radius 1 is 1.09 bits per heavy atom. The maximum Gasteiger partial charge on any atom is 0.416 e. The number of rotatable bonds is 8. The van der Waals surface area contributed by atoms with Gasteiger partial charge >= 0.3 is 6.18 Å². The summed E-state index contributed by atoms with van der Waals surface area (Å²) in [4.78, 5) is 14.8. The average molecular weight is 501 g/mol. The van der Waals surface area contributed by atoms with Crippen molar-refractivity contribution in [3.05, 3.63) is 58.9 Å². The van der Waals surface area contributed by atoms with Crippen molar-refractivity contribution in [2.24, 2.45) is 0 Å². The molecule has 10 heteroatoms. The summed E-state index contributed by atoms with van der Waals surface area (Å²) >= 11 is 0. The van der Waals surface area contributed by atoms with E-state index in [0.717, 1.165) is 43.7 Å². The van der Waals surface area contributed by atoms with E-state index in [4.69, 9.17) is 0 Å². The zero-order valence-corrected chi connectivity index (χ0v) is 19.9. The van der Waals surface area contributed by atoms with Crippen molar-refractivity contribution in [3.63, 3.8) is 0 Å². The lowest BCUT2D eigenvalue weighted by Gasteiger charge is -2.31. The smallest absolute Gasteiger partial charge is 0.371 e. The second kappa shape index (κ2) is 10.3. The van der Waals surface area contributed by atoms with E-state index in [1.165, 1.54) is 18.2 Å². The molecule has 1 aliphatic rings. The van der Waals surface area contributed by atoms with E-state index in [1.807, 2.05) is 4.90 Å². The number of nitrogens with one attached hydrogen (secondary N) is 1. The molecule has 0 radical (unpaired) electrons. The number of sulfonamides is 1. The third kappa shape index (κ3) is 6.71. The summed E-state index contributed by atoms with van der Waals surface area (Å²) in [5, 5.41) is 0. The summed E-state index contributed by atoms with van der Waals surface area (Å²) in [5.74, 6) is -1.64. The van der Waals surface area contributed by atoms with Crippen LogP contribution in [0.2, 0.25) is 0 Å². The van der Waals surface area contributed by atoms with Gasteiger partial charge in [0.15, 0.2) is 0 Å². The van der Waals surface area contributed by atoms with Crippen LogP contribution in [0, 0.1) is 5.82 Å². The first-order chi connectivity index (χ1) is 15.8. The number of carbonyl (C=O) groups is 1. The molecule has 3 rings (SSSR count). The first kappa shape index (κ1) is 26.0. The van der Waals surface area contributed by atoms with Gasteiger partial charge in [-0.1, -0.05) is 19.1 Å². The standard InChI is InChI=1S/C24H28F4N2O3S/c1-16(18-7-10-21(20(25)14-18)29-34(2,32)33)23(31)11-8-17-6-9-19(24(26,27)28)15-22(17)30-12-4-3-5-13-30/h6-7,9-10,14-16,29H,3-5,8,11-13H2,1-2H3. The molecule has 1 fully saturated rings. The van der Waals surface area contributed by atoms with Gasteiger partial charge in [-0.2, -0.15) is 13.2 Å². The molecule has 1 aliphatic heterocycles. The van der Waals surface area contributed by atoms with Crippen LogP contribution < -0.4 is 9.62 Å². The van der Waals surface area contributed by atoms with Crippen LogP contribution in [-0.4, -0.2) is 33.5 Å². The van der Waals surface area contributed by atoms with Crippen molar-refractivity contribution >= 4 is 27.2 Å². The molecule has 186 valence electrons. The quantitative estimate of drug-likeness (QED) is 0.486. The summed E-state index contributed by atoms with van der Waals surface area (Å²) in [7, 11) is -3.65. The summed E-state index contributed by atoms with van der Waals surface area (Å²) < 4.78 is 78.9. The molecule has 1 saturated heterocycles. The molecule has 0 aromatic heterocycles. The van der Waals surface area contributed by atoms with E-state index >= 15 is 0 Å². The second-order valence-electron chi connectivity index (χ2n) is 8.69. The lowest BCUT2D eigenvalue weighted by molar-refractivity contribution is -0.137. The van der Waals surface area contributed by atoms with E-state index in [1.54, 1.807) is 6.92 Å². The van der Waals surface area contributed by atoms with Gasteiger partial charge in [-0.3, -0.25) is 9.52 Å². The molecular weight excluding hydrogens is 472 g/mol. The number of anilines is 2. The van der Waals surface area contributed by atoms with Gasteiger partial charge in [0.1, 0.15) is 11.6 Å². The zero-order chi connectivity index (χ0) is 25.1. The fourth-order valence-electron chi connectivity index (χ4n) is 4.12. The van der Waals surface area contributed by atoms with E-state index in [2.05, 4.69) is 4.72 Å². The van der Waals surface area contributed by atoms with Gasteiger partial charge in [0.05, 0.1) is 17.5 Å². The van der Waals surface area contributed by atoms with Crippen LogP contribution in [0.4, 0.5) is 28.9 Å². The molecule has 1 unspecified atom stereocenters. The maximum absolute atomic E-state index is 14.3. The Morgan fingerprint density at radius 2 is 1.76 bits per heavy atom. The van der Waals surface area contributed by atoms with Crippen molar-refractivity contribution in [2.75, 3.05) is 29.0 Å². The molecule has 1 atom stereocenters. The highest BCUT2D eigenvalue weighted by molar-refractivity contribution is 7.92. The Labute approximate surface area is 197 Å². The third-order valence-electron chi connectivity index (χ3n) is 6.02. The highest BCUT2D eigenvalue weighted by Gasteiger charge is 2.32. The van der Waals surface area contributed by atoms with E-state index in [0.29, 0.717) is 29.9 Å². The Bertz CT molecular complexity index is 1140. The highest BCUT2D eigenvalue weighted by atomic mass is 32.2. The topological polar surface area (TPSA) is 66.5 Å². The van der Waals surface area contributed by atoms with Gasteiger partial charge in [0.2, 0.25) is 10.0 Å². The Balaban J connectivity index is 1.75. The Kier molecular flexibility index (Phi) is 7.90. The SMILES string of the molecule is CC(C(=O)CCc1ccc(C(F)(F)F)cc1N1CCCCC1)c1ccc(NS(C)(=O)=O)c(F)c1. The fraction of sp³-hybridized carbons (Fsp3) is 0.458. The lowest BCUT2D eigenvalue weighted by atomic mass is 9.92. The van der Waals surface area contributed by atoms with Gasteiger partial charge in [0, 0.05) is 31.1 Å². The number of Topliss-reactive ketones (excluding diaryl/α,β-unsaturated/α-hetero) is 1. The van der Waals surface area contributed by atoms with Gasteiger partial charge in [-0.25, -0.2) is 12.8 Å². The van der Waals surface area contributed by atoms with Crippen LogP contribution in [-0.2, 0) is 27.4 Å². The fourth-order valence-corrected chi connectivity index (χ4v) is 4.69. The van der Waals surface area contributed by atoms with Gasteiger partial charge in [0.25, 0.3) is 0 Å². The van der Waals surface area contributed by atoms with Crippen LogP contribution in [0.15, 0.2) is 36.4 Å². The van der Waals surface area contributed by atoms with Gasteiger partial charge < -0.3 is 4.90 Å². The number of alkyl halides is 3. The van der Waals surface area contributed by atoms with Gasteiger partial charge in [-0.05, 0) is 61.1 Å². The normalized spacial score (nSPS) is 15.8. The van der Waals surface area contributed by atoms with Crippen LogP contribution in [0.3, 0.4) is 0 Å². The van der Waals surface area contributed by atoms with Crippen LogP contribution in [0.25, 0.3) is 0 Å². The van der Waals surface area contributed by atoms with Crippen LogP contribution in [0.5, 0.6) is 0 Å². The molecule has 0 aliphatic carbocycles. The summed E-state index contributed by atoms with van der Waals surface area (Å²) in [6, 6.07) is 7.51. The molecule has 1 heterocycles. The molecular formula is C24H28F4N2O3S. The minimum atomic E-state index is -4.45. The summed E-state index contributed by atoms with van der Waals surface area (Å²) in [5.41, 5.74) is 0.661. The number of nitrogens with zero attached hydrogens (tertiary/aromatic N) is 1. The van der Waals surface area contributed by atoms with Crippen molar-refractivity contribution < 1.29 is 30.8 Å². The van der Waals surface area contributed by atoms with E-state index in [9.17, 15) is 30.8 Å². The second-order valence-corrected chi connectivity index (χ2v) is 10.4. The monoisotopic (exact) mass is 500 g/mol. The molecule has 5 nitrogen and oxygen atoms in total. The minimum Gasteiger partial charge on any atom is -0.371 e. The number of aryl methyl sites for hydroxylation is 1. The van der Waals surface area contributed by atoms with Crippen molar-refractivity contribution in [1.29, 1.82) is 0 Å². The summed E-state index contributed by atoms with van der Waals surface area (Å²) in [6.07, 6.45) is -0.345. The largest absolute Gasteiger partial charge is 0.416 e. The van der Waals surface area contributed by atoms with E-state index in [-0.39, 0.29) is 24.3 Å². The molecule has 1 N–H and O–H groups in total. The molecule has 0 bridgehead atoms. The predicted molar refractivity (Wildman–Crippen MR) is 124 cm³/mol. The lowest BCUT2D eigenvalue weighted by Crippen LogP contribution is -2.30. The van der Waals surface area contributed by atoms with Crippen LogP contribution >= 0.6 is 0 Å². The number of piperidine rings is 1. The number of hydrogen-bond acceptors (Lipinski definition) is 4. The predicted octanol–water partition coefficient (Wildman–Crippen LogP) is 5.51.